The molecule has 1 aromatic carbocycles. The van der Waals surface area contributed by atoms with Gasteiger partial charge in [-0.2, -0.15) is 0 Å². The first-order valence-electron chi connectivity index (χ1n) is 6.54. The van der Waals surface area contributed by atoms with Crippen LogP contribution in [0.3, 0.4) is 0 Å². The highest BCUT2D eigenvalue weighted by molar-refractivity contribution is 5.81. The van der Waals surface area contributed by atoms with Crippen molar-refractivity contribution in [3.63, 3.8) is 0 Å². The molecule has 0 aromatic heterocycles. The van der Waals surface area contributed by atoms with E-state index in [9.17, 15) is 9.90 Å². The highest BCUT2D eigenvalue weighted by Crippen LogP contribution is 2.38. The average Bonchev–Trinajstić information content (AvgIpc) is 2.38. The van der Waals surface area contributed by atoms with Gasteiger partial charge in [0, 0.05) is 5.56 Å². The summed E-state index contributed by atoms with van der Waals surface area (Å²) in [6.07, 6.45) is 4.53. The molecule has 3 heteroatoms. The van der Waals surface area contributed by atoms with Crippen LogP contribution < -0.4 is 0 Å². The molecule has 19 heavy (non-hydrogen) atoms. The quantitative estimate of drug-likeness (QED) is 0.848. The first-order chi connectivity index (χ1) is 8.95. The third-order valence-electron chi connectivity index (χ3n) is 3.65. The van der Waals surface area contributed by atoms with Gasteiger partial charge in [0.25, 0.3) is 0 Å². The summed E-state index contributed by atoms with van der Waals surface area (Å²) in [4.78, 5) is 11.8. The molecule has 0 radical (unpaired) electrons. The number of phenolic OH excluding ortho intramolecular Hbond substituents is 1. The lowest BCUT2D eigenvalue weighted by Gasteiger charge is -2.26. The Bertz CT molecular complexity index is 527. The van der Waals surface area contributed by atoms with Crippen LogP contribution in [0.15, 0.2) is 24.3 Å². The maximum atomic E-state index is 11.8. The summed E-state index contributed by atoms with van der Waals surface area (Å²) in [6, 6.07) is 5.57. The molecule has 102 valence electrons. The van der Waals surface area contributed by atoms with Gasteiger partial charge in [-0.1, -0.05) is 18.2 Å². The Balaban J connectivity index is 2.31. The molecular formula is C16H20O3. The van der Waals surface area contributed by atoms with Crippen LogP contribution in [-0.2, 0) is 16.0 Å². The highest BCUT2D eigenvalue weighted by atomic mass is 16.5. The van der Waals surface area contributed by atoms with E-state index >= 15 is 0 Å². The number of aromatic hydroxyl groups is 1. The monoisotopic (exact) mass is 260 g/mol. The van der Waals surface area contributed by atoms with Crippen molar-refractivity contribution in [2.24, 2.45) is 5.41 Å². The summed E-state index contributed by atoms with van der Waals surface area (Å²) in [5.41, 5.74) is 2.61. The van der Waals surface area contributed by atoms with Gasteiger partial charge < -0.3 is 9.84 Å². The number of fused-ring (bicyclic) bond motifs is 1. The van der Waals surface area contributed by atoms with E-state index < -0.39 is 5.41 Å². The van der Waals surface area contributed by atoms with Crippen LogP contribution in [0.2, 0.25) is 0 Å². The molecule has 1 aliphatic carbocycles. The van der Waals surface area contributed by atoms with Crippen LogP contribution in [-0.4, -0.2) is 18.2 Å². The van der Waals surface area contributed by atoms with Crippen LogP contribution in [0.25, 0.3) is 5.57 Å². The summed E-state index contributed by atoms with van der Waals surface area (Å²) in [5.74, 6) is 0.139. The number of phenols is 1. The Hall–Kier alpha value is -1.77. The van der Waals surface area contributed by atoms with Crippen LogP contribution >= 0.6 is 0 Å². The Labute approximate surface area is 113 Å². The van der Waals surface area contributed by atoms with Crippen LogP contribution in [0.5, 0.6) is 5.75 Å². The number of allylic oxidation sites excluding steroid dienone is 2. The van der Waals surface area contributed by atoms with Crippen molar-refractivity contribution < 1.29 is 14.6 Å². The number of ether oxygens (including phenoxy) is 1. The molecule has 2 rings (SSSR count). The fourth-order valence-electron chi connectivity index (χ4n) is 2.63. The second kappa shape index (κ2) is 5.08. The molecule has 0 bridgehead atoms. The smallest absolute Gasteiger partial charge is 0.311 e. The summed E-state index contributed by atoms with van der Waals surface area (Å²) in [6.45, 7) is 3.77. The van der Waals surface area contributed by atoms with Gasteiger partial charge in [-0.3, -0.25) is 4.79 Å². The number of hydrogen-bond acceptors (Lipinski definition) is 3. The number of rotatable bonds is 3. The molecule has 1 aromatic rings. The Morgan fingerprint density at radius 1 is 1.42 bits per heavy atom. The summed E-state index contributed by atoms with van der Waals surface area (Å²) < 4.78 is 4.85. The van der Waals surface area contributed by atoms with Gasteiger partial charge in [-0.25, -0.2) is 0 Å². The second-order valence-electron chi connectivity index (χ2n) is 5.62. The summed E-state index contributed by atoms with van der Waals surface area (Å²) in [7, 11) is 1.42. The molecule has 0 atom stereocenters. The minimum Gasteiger partial charge on any atom is -0.508 e. The number of methoxy groups -OCH3 is 1. The van der Waals surface area contributed by atoms with Gasteiger partial charge in [0.1, 0.15) is 5.75 Å². The highest BCUT2D eigenvalue weighted by Gasteiger charge is 2.31. The van der Waals surface area contributed by atoms with E-state index in [0.29, 0.717) is 12.2 Å². The van der Waals surface area contributed by atoms with Crippen LogP contribution in [0, 0.1) is 5.41 Å². The van der Waals surface area contributed by atoms with Gasteiger partial charge in [-0.05, 0) is 50.3 Å². The second-order valence-corrected chi connectivity index (χ2v) is 5.62. The van der Waals surface area contributed by atoms with E-state index in [-0.39, 0.29) is 5.97 Å². The molecule has 0 saturated heterocycles. The maximum absolute atomic E-state index is 11.8. The molecule has 0 aliphatic heterocycles. The Morgan fingerprint density at radius 2 is 2.16 bits per heavy atom. The van der Waals surface area contributed by atoms with E-state index in [1.54, 1.807) is 6.07 Å². The Kier molecular flexibility index (Phi) is 3.65. The molecule has 0 heterocycles. The minimum atomic E-state index is -0.555. The lowest BCUT2D eigenvalue weighted by Crippen LogP contribution is -2.26. The molecular weight excluding hydrogens is 240 g/mol. The SMILES string of the molecule is COC(=O)C(C)(C)CC1=CCCc2c(O)cccc21. The Morgan fingerprint density at radius 3 is 2.84 bits per heavy atom. The predicted octanol–water partition coefficient (Wildman–Crippen LogP) is 3.31. The molecule has 0 spiro atoms. The van der Waals surface area contributed by atoms with Crippen molar-refractivity contribution >= 4 is 11.5 Å². The van der Waals surface area contributed by atoms with E-state index in [1.807, 2.05) is 26.0 Å². The molecule has 0 unspecified atom stereocenters. The van der Waals surface area contributed by atoms with Crippen LogP contribution in [0.1, 0.15) is 37.8 Å². The first-order valence-corrected chi connectivity index (χ1v) is 6.54. The molecule has 0 fully saturated rings. The minimum absolute atomic E-state index is 0.208. The van der Waals surface area contributed by atoms with Crippen LogP contribution in [0.4, 0.5) is 0 Å². The zero-order valence-electron chi connectivity index (χ0n) is 11.7. The van der Waals surface area contributed by atoms with Crippen molar-refractivity contribution in [3.05, 3.63) is 35.4 Å². The predicted molar refractivity (Wildman–Crippen MR) is 74.8 cm³/mol. The maximum Gasteiger partial charge on any atom is 0.311 e. The molecule has 3 nitrogen and oxygen atoms in total. The zero-order chi connectivity index (χ0) is 14.0. The number of esters is 1. The van der Waals surface area contributed by atoms with Gasteiger partial charge in [0.2, 0.25) is 0 Å². The van der Waals surface area contributed by atoms with E-state index in [1.165, 1.54) is 7.11 Å². The number of benzene rings is 1. The summed E-state index contributed by atoms with van der Waals surface area (Å²) in [5, 5.41) is 9.91. The molecule has 0 amide bonds. The molecule has 1 N–H and O–H groups in total. The van der Waals surface area contributed by atoms with Crippen molar-refractivity contribution in [2.45, 2.75) is 33.1 Å². The third kappa shape index (κ3) is 2.65. The molecule has 1 aliphatic rings. The van der Waals surface area contributed by atoms with Crippen molar-refractivity contribution in [1.82, 2.24) is 0 Å². The fraction of sp³-hybridized carbons (Fsp3) is 0.438. The van der Waals surface area contributed by atoms with Gasteiger partial charge in [0.05, 0.1) is 12.5 Å². The van der Waals surface area contributed by atoms with Gasteiger partial charge in [0.15, 0.2) is 0 Å². The van der Waals surface area contributed by atoms with Crippen molar-refractivity contribution in [3.8, 4) is 5.75 Å². The fourth-order valence-corrected chi connectivity index (χ4v) is 2.63. The van der Waals surface area contributed by atoms with Crippen molar-refractivity contribution in [1.29, 1.82) is 0 Å². The average molecular weight is 260 g/mol. The number of hydrogen-bond donors (Lipinski definition) is 1. The largest absolute Gasteiger partial charge is 0.508 e. The number of carbonyl (C=O) groups is 1. The lowest BCUT2D eigenvalue weighted by atomic mass is 9.79. The third-order valence-corrected chi connectivity index (χ3v) is 3.65. The van der Waals surface area contributed by atoms with E-state index in [0.717, 1.165) is 29.5 Å². The van der Waals surface area contributed by atoms with E-state index in [4.69, 9.17) is 4.74 Å². The first kappa shape index (κ1) is 13.7. The van der Waals surface area contributed by atoms with E-state index in [2.05, 4.69) is 6.08 Å². The lowest BCUT2D eigenvalue weighted by molar-refractivity contribution is -0.150. The number of carbonyl (C=O) groups excluding carboxylic acids is 1. The van der Waals surface area contributed by atoms with Crippen molar-refractivity contribution in [2.75, 3.05) is 7.11 Å². The zero-order valence-corrected chi connectivity index (χ0v) is 11.7. The molecule has 0 saturated carbocycles. The van der Waals surface area contributed by atoms with Gasteiger partial charge in [-0.15, -0.1) is 0 Å². The topological polar surface area (TPSA) is 46.5 Å². The summed E-state index contributed by atoms with van der Waals surface area (Å²) >= 11 is 0. The standard InChI is InChI=1S/C16H20O3/c1-16(2,15(18)19-3)10-11-6-4-8-13-12(11)7-5-9-14(13)17/h5-7,9,17H,4,8,10H2,1-3H3. The van der Waals surface area contributed by atoms with Gasteiger partial charge >= 0.3 is 5.97 Å². The normalized spacial score (nSPS) is 14.6.